The van der Waals surface area contributed by atoms with Crippen molar-refractivity contribution in [3.8, 4) is 5.75 Å². The minimum Gasteiger partial charge on any atom is -0.488 e. The van der Waals surface area contributed by atoms with Crippen LogP contribution in [-0.4, -0.2) is 16.7 Å². The normalized spacial score (nSPS) is 21.6. The smallest absolute Gasteiger partial charge is 0.183 e. The van der Waals surface area contributed by atoms with E-state index in [1.54, 1.807) is 0 Å². The summed E-state index contributed by atoms with van der Waals surface area (Å²) in [6.07, 6.45) is 0.557. The number of Topliss-reactive ketones (excluding diaryl/α,β-unsaturated/α-hetero) is 1. The van der Waals surface area contributed by atoms with Crippen molar-refractivity contribution in [1.82, 2.24) is 0 Å². The van der Waals surface area contributed by atoms with E-state index in [-0.39, 0.29) is 16.7 Å². The van der Waals surface area contributed by atoms with Crippen molar-refractivity contribution >= 4 is 21.7 Å². The Morgan fingerprint density at radius 2 is 1.68 bits per heavy atom. The average Bonchev–Trinajstić information content (AvgIpc) is 2.46. The summed E-state index contributed by atoms with van der Waals surface area (Å²) in [5.41, 5.74) is 1.83. The topological polar surface area (TPSA) is 26.3 Å². The molecule has 2 aromatic rings. The first kappa shape index (κ1) is 12.4. The monoisotopic (exact) mass is 316 g/mol. The van der Waals surface area contributed by atoms with Gasteiger partial charge in [-0.3, -0.25) is 4.79 Å². The Morgan fingerprint density at radius 1 is 1.00 bits per heavy atom. The largest absolute Gasteiger partial charge is 0.488 e. The van der Waals surface area contributed by atoms with Crippen molar-refractivity contribution in [2.45, 2.75) is 17.4 Å². The standard InChI is InChI=1S/C16H13BrO2/c17-15-14(10-11-6-2-1-3-7-11)19-13-9-5-4-8-12(13)16(15)18/h1-9,14-15H,10H2. The lowest BCUT2D eigenvalue weighted by atomic mass is 9.96. The Bertz CT molecular complexity index is 595. The number of halogens is 1. The van der Waals surface area contributed by atoms with Crippen LogP contribution in [0.4, 0.5) is 0 Å². The maximum atomic E-state index is 12.3. The number of para-hydroxylation sites is 1. The highest BCUT2D eigenvalue weighted by Crippen LogP contribution is 2.32. The van der Waals surface area contributed by atoms with Crippen LogP contribution in [0.5, 0.6) is 5.75 Å². The van der Waals surface area contributed by atoms with E-state index < -0.39 is 0 Å². The second kappa shape index (κ2) is 5.17. The first-order chi connectivity index (χ1) is 9.25. The molecule has 19 heavy (non-hydrogen) atoms. The van der Waals surface area contributed by atoms with Crippen molar-refractivity contribution < 1.29 is 9.53 Å². The van der Waals surface area contributed by atoms with Crippen LogP contribution in [0.3, 0.4) is 0 Å². The molecule has 3 rings (SSSR count). The molecular formula is C16H13BrO2. The van der Waals surface area contributed by atoms with Gasteiger partial charge >= 0.3 is 0 Å². The van der Waals surface area contributed by atoms with Gasteiger partial charge in [0.2, 0.25) is 0 Å². The van der Waals surface area contributed by atoms with Crippen molar-refractivity contribution in [3.05, 3.63) is 65.7 Å². The van der Waals surface area contributed by atoms with Crippen molar-refractivity contribution in [2.75, 3.05) is 0 Å². The number of carbonyl (C=O) groups excluding carboxylic acids is 1. The summed E-state index contributed by atoms with van der Waals surface area (Å²) in [4.78, 5) is 12.0. The van der Waals surface area contributed by atoms with E-state index in [0.29, 0.717) is 11.3 Å². The lowest BCUT2D eigenvalue weighted by molar-refractivity contribution is 0.0873. The quantitative estimate of drug-likeness (QED) is 0.791. The SMILES string of the molecule is O=C1c2ccccc2OC(Cc2ccccc2)C1Br. The number of ketones is 1. The molecule has 0 saturated carbocycles. The molecule has 0 saturated heterocycles. The fourth-order valence-corrected chi connectivity index (χ4v) is 2.85. The van der Waals surface area contributed by atoms with Gasteiger partial charge in [0, 0.05) is 6.42 Å². The molecule has 0 aromatic heterocycles. The van der Waals surface area contributed by atoms with Crippen LogP contribution in [0.2, 0.25) is 0 Å². The summed E-state index contributed by atoms with van der Waals surface area (Å²) in [7, 11) is 0. The Balaban J connectivity index is 1.87. The highest BCUT2D eigenvalue weighted by molar-refractivity contribution is 9.10. The summed E-state index contributed by atoms with van der Waals surface area (Å²) in [5, 5.41) is 0. The fraction of sp³-hybridized carbons (Fsp3) is 0.188. The average molecular weight is 317 g/mol. The van der Waals surface area contributed by atoms with E-state index in [9.17, 15) is 4.79 Å². The molecule has 2 atom stereocenters. The Hall–Kier alpha value is -1.61. The Kier molecular flexibility index (Phi) is 3.38. The predicted molar refractivity (Wildman–Crippen MR) is 78.0 cm³/mol. The summed E-state index contributed by atoms with van der Waals surface area (Å²) < 4.78 is 5.95. The van der Waals surface area contributed by atoms with Gasteiger partial charge in [0.05, 0.1) is 5.56 Å². The van der Waals surface area contributed by atoms with E-state index in [1.165, 1.54) is 5.56 Å². The predicted octanol–water partition coefficient (Wildman–Crippen LogP) is 3.64. The zero-order chi connectivity index (χ0) is 13.2. The molecule has 0 radical (unpaired) electrons. The minimum absolute atomic E-state index is 0.0998. The molecule has 2 unspecified atom stereocenters. The van der Waals surface area contributed by atoms with Gasteiger partial charge in [0.25, 0.3) is 0 Å². The third kappa shape index (κ3) is 2.43. The van der Waals surface area contributed by atoms with Gasteiger partial charge in [-0.25, -0.2) is 0 Å². The minimum atomic E-state index is -0.289. The highest BCUT2D eigenvalue weighted by atomic mass is 79.9. The van der Waals surface area contributed by atoms with E-state index in [1.807, 2.05) is 54.6 Å². The van der Waals surface area contributed by atoms with Crippen molar-refractivity contribution in [3.63, 3.8) is 0 Å². The number of rotatable bonds is 2. The molecule has 0 N–H and O–H groups in total. The number of fused-ring (bicyclic) bond motifs is 1. The van der Waals surface area contributed by atoms with Crippen LogP contribution in [0.25, 0.3) is 0 Å². The van der Waals surface area contributed by atoms with Gasteiger partial charge in [-0.2, -0.15) is 0 Å². The van der Waals surface area contributed by atoms with E-state index >= 15 is 0 Å². The number of benzene rings is 2. The van der Waals surface area contributed by atoms with E-state index in [2.05, 4.69) is 15.9 Å². The van der Waals surface area contributed by atoms with Gasteiger partial charge in [0.1, 0.15) is 16.7 Å². The fourth-order valence-electron chi connectivity index (χ4n) is 2.30. The molecule has 0 spiro atoms. The summed E-state index contributed by atoms with van der Waals surface area (Å²) in [6, 6.07) is 17.5. The summed E-state index contributed by atoms with van der Waals surface area (Å²) in [6.45, 7) is 0. The molecule has 0 fully saturated rings. The van der Waals surface area contributed by atoms with Gasteiger partial charge in [-0.15, -0.1) is 0 Å². The number of alkyl halides is 1. The molecule has 0 bridgehead atoms. The Labute approximate surface area is 120 Å². The van der Waals surface area contributed by atoms with Gasteiger partial charge in [0.15, 0.2) is 5.78 Å². The molecule has 2 aromatic carbocycles. The third-order valence-electron chi connectivity index (χ3n) is 3.29. The first-order valence-electron chi connectivity index (χ1n) is 6.23. The molecular weight excluding hydrogens is 304 g/mol. The molecule has 2 nitrogen and oxygen atoms in total. The number of hydrogen-bond donors (Lipinski definition) is 0. The summed E-state index contributed by atoms with van der Waals surface area (Å²) in [5.74, 6) is 0.784. The van der Waals surface area contributed by atoms with Crippen LogP contribution < -0.4 is 4.74 Å². The summed E-state index contributed by atoms with van der Waals surface area (Å²) >= 11 is 3.47. The van der Waals surface area contributed by atoms with Gasteiger partial charge < -0.3 is 4.74 Å². The third-order valence-corrected chi connectivity index (χ3v) is 4.29. The molecule has 96 valence electrons. The second-order valence-corrected chi connectivity index (χ2v) is 5.59. The lowest BCUT2D eigenvalue weighted by Crippen LogP contribution is -2.39. The molecule has 0 aliphatic carbocycles. The molecule has 0 amide bonds. The number of ether oxygens (including phenoxy) is 1. The maximum absolute atomic E-state index is 12.3. The molecule has 1 aliphatic heterocycles. The van der Waals surface area contributed by atoms with Crippen LogP contribution in [0.15, 0.2) is 54.6 Å². The van der Waals surface area contributed by atoms with E-state index in [0.717, 1.165) is 6.42 Å². The number of carbonyl (C=O) groups is 1. The zero-order valence-corrected chi connectivity index (χ0v) is 11.8. The highest BCUT2D eigenvalue weighted by Gasteiger charge is 2.35. The van der Waals surface area contributed by atoms with Gasteiger partial charge in [-0.1, -0.05) is 58.4 Å². The van der Waals surface area contributed by atoms with Crippen molar-refractivity contribution in [1.29, 1.82) is 0 Å². The van der Waals surface area contributed by atoms with Crippen LogP contribution in [0, 0.1) is 0 Å². The van der Waals surface area contributed by atoms with Crippen LogP contribution in [0.1, 0.15) is 15.9 Å². The molecule has 1 aliphatic rings. The van der Waals surface area contributed by atoms with Crippen LogP contribution in [-0.2, 0) is 6.42 Å². The van der Waals surface area contributed by atoms with Crippen LogP contribution >= 0.6 is 15.9 Å². The second-order valence-electron chi connectivity index (χ2n) is 4.61. The van der Waals surface area contributed by atoms with E-state index in [4.69, 9.17) is 4.74 Å². The zero-order valence-electron chi connectivity index (χ0n) is 10.3. The Morgan fingerprint density at radius 3 is 2.47 bits per heavy atom. The molecule has 3 heteroatoms. The van der Waals surface area contributed by atoms with Gasteiger partial charge in [-0.05, 0) is 17.7 Å². The number of hydrogen-bond acceptors (Lipinski definition) is 2. The maximum Gasteiger partial charge on any atom is 0.183 e. The first-order valence-corrected chi connectivity index (χ1v) is 7.15. The van der Waals surface area contributed by atoms with Crippen molar-refractivity contribution in [2.24, 2.45) is 0 Å². The molecule has 1 heterocycles. The lowest BCUT2D eigenvalue weighted by Gasteiger charge is -2.29.